The minimum absolute atomic E-state index is 0. The molecule has 1 aliphatic rings. The van der Waals surface area contributed by atoms with E-state index in [1.54, 1.807) is 0 Å². The van der Waals surface area contributed by atoms with Crippen molar-refractivity contribution < 1.29 is 20.1 Å². The second-order valence-corrected chi connectivity index (χ2v) is 8.52. The predicted octanol–water partition coefficient (Wildman–Crippen LogP) is 5.24. The van der Waals surface area contributed by atoms with Crippen LogP contribution in [0.1, 0.15) is 63.8 Å². The fourth-order valence-electron chi connectivity index (χ4n) is 3.00. The number of hydrogen-bond donors (Lipinski definition) is 0. The minimum atomic E-state index is 0. The van der Waals surface area contributed by atoms with E-state index in [1.807, 2.05) is 6.20 Å². The Bertz CT molecular complexity index is 654. The summed E-state index contributed by atoms with van der Waals surface area (Å²) in [5.41, 5.74) is 8.12. The Labute approximate surface area is 154 Å². The van der Waals surface area contributed by atoms with Crippen LogP contribution in [0, 0.1) is 6.07 Å². The van der Waals surface area contributed by atoms with Gasteiger partial charge in [0, 0.05) is 26.3 Å². The Morgan fingerprint density at radius 1 is 0.870 bits per heavy atom. The van der Waals surface area contributed by atoms with Crippen molar-refractivity contribution in [3.05, 3.63) is 52.7 Å². The van der Waals surface area contributed by atoms with Gasteiger partial charge in [0.2, 0.25) is 0 Å². The van der Waals surface area contributed by atoms with E-state index in [4.69, 9.17) is 4.98 Å². The normalized spacial score (nSPS) is 13.8. The average molecular weight is 485 g/mol. The van der Waals surface area contributed by atoms with E-state index in [9.17, 15) is 0 Å². The Morgan fingerprint density at radius 2 is 1.43 bits per heavy atom. The molecule has 0 spiro atoms. The molecule has 0 saturated carbocycles. The quantitative estimate of drug-likeness (QED) is 0.466. The number of rotatable bonds is 0. The van der Waals surface area contributed by atoms with Gasteiger partial charge in [0.15, 0.2) is 0 Å². The summed E-state index contributed by atoms with van der Waals surface area (Å²) in [6.45, 7) is 13.5. The zero-order valence-corrected chi connectivity index (χ0v) is 17.4. The number of fused-ring (bicyclic) bond motifs is 3. The molecule has 2 aromatic rings. The molecular formula is C21H26IrN-. The fourth-order valence-corrected chi connectivity index (χ4v) is 3.00. The fraction of sp³-hybridized carbons (Fsp3) is 0.476. The standard InChI is InChI=1S/C21H26N.Ir/c1-20(2,3)16-9-10-18-14(11-16)7-8-15-12-17(21(4,5)6)13-22-19(15)18;/h9,11-13H,7-8H2,1-6H3;/q-1;. The van der Waals surface area contributed by atoms with Crippen molar-refractivity contribution in [1.29, 1.82) is 0 Å². The van der Waals surface area contributed by atoms with Crippen molar-refractivity contribution in [2.75, 3.05) is 0 Å². The van der Waals surface area contributed by atoms with E-state index in [1.165, 1.54) is 27.8 Å². The first-order valence-corrected chi connectivity index (χ1v) is 8.21. The molecular weight excluding hydrogens is 458 g/mol. The van der Waals surface area contributed by atoms with E-state index >= 15 is 0 Å². The second-order valence-electron chi connectivity index (χ2n) is 8.52. The molecule has 0 bridgehead atoms. The molecule has 1 heterocycles. The predicted molar refractivity (Wildman–Crippen MR) is 93.3 cm³/mol. The van der Waals surface area contributed by atoms with E-state index in [0.717, 1.165) is 18.5 Å². The van der Waals surface area contributed by atoms with Crippen molar-refractivity contribution in [2.24, 2.45) is 0 Å². The molecule has 1 aromatic heterocycles. The summed E-state index contributed by atoms with van der Waals surface area (Å²) in [6.07, 6.45) is 4.22. The molecule has 125 valence electrons. The van der Waals surface area contributed by atoms with E-state index < -0.39 is 0 Å². The van der Waals surface area contributed by atoms with Gasteiger partial charge in [0.25, 0.3) is 0 Å². The summed E-state index contributed by atoms with van der Waals surface area (Å²) in [5, 5.41) is 0. The summed E-state index contributed by atoms with van der Waals surface area (Å²) in [4.78, 5) is 4.79. The second kappa shape index (κ2) is 6.15. The van der Waals surface area contributed by atoms with Crippen LogP contribution in [-0.4, -0.2) is 4.98 Å². The molecule has 1 aliphatic carbocycles. The smallest absolute Gasteiger partial charge is 0.0198 e. The molecule has 3 rings (SSSR count). The van der Waals surface area contributed by atoms with Gasteiger partial charge < -0.3 is 4.98 Å². The maximum absolute atomic E-state index is 4.79. The van der Waals surface area contributed by atoms with Crippen molar-refractivity contribution >= 4 is 0 Å². The van der Waals surface area contributed by atoms with Crippen LogP contribution in [0.15, 0.2) is 24.4 Å². The molecule has 1 nitrogen and oxygen atoms in total. The van der Waals surface area contributed by atoms with Gasteiger partial charge in [-0.05, 0) is 28.5 Å². The molecule has 0 aliphatic heterocycles. The summed E-state index contributed by atoms with van der Waals surface area (Å²) in [5.74, 6) is 0. The van der Waals surface area contributed by atoms with Crippen molar-refractivity contribution in [2.45, 2.75) is 65.2 Å². The number of aromatic nitrogens is 1. The van der Waals surface area contributed by atoms with Gasteiger partial charge in [-0.2, -0.15) is 0 Å². The molecule has 23 heavy (non-hydrogen) atoms. The summed E-state index contributed by atoms with van der Waals surface area (Å²) in [7, 11) is 0. The Balaban J connectivity index is 0.00000192. The maximum Gasteiger partial charge on any atom is 0.0198 e. The van der Waals surface area contributed by atoms with E-state index in [0.29, 0.717) is 0 Å². The van der Waals surface area contributed by atoms with Crippen molar-refractivity contribution in [1.82, 2.24) is 4.98 Å². The Kier molecular flexibility index (Phi) is 4.91. The first-order chi connectivity index (χ1) is 10.2. The molecule has 1 radical (unpaired) electrons. The third-order valence-corrected chi connectivity index (χ3v) is 4.62. The van der Waals surface area contributed by atoms with Crippen molar-refractivity contribution in [3.63, 3.8) is 0 Å². The van der Waals surface area contributed by atoms with Crippen LogP contribution in [0.4, 0.5) is 0 Å². The molecule has 0 saturated heterocycles. The Hall–Kier alpha value is -0.981. The molecule has 2 heteroatoms. The topological polar surface area (TPSA) is 12.9 Å². The van der Waals surface area contributed by atoms with Crippen LogP contribution in [-0.2, 0) is 43.8 Å². The first-order valence-electron chi connectivity index (χ1n) is 8.21. The number of benzene rings is 1. The van der Waals surface area contributed by atoms with Crippen LogP contribution < -0.4 is 0 Å². The largest absolute Gasteiger partial charge is 0.304 e. The first kappa shape index (κ1) is 18.4. The van der Waals surface area contributed by atoms with Crippen LogP contribution in [0.5, 0.6) is 0 Å². The molecule has 0 unspecified atom stereocenters. The number of nitrogens with zero attached hydrogens (tertiary/aromatic N) is 1. The summed E-state index contributed by atoms with van der Waals surface area (Å²) < 4.78 is 0. The van der Waals surface area contributed by atoms with Crippen LogP contribution in [0.2, 0.25) is 0 Å². The molecule has 0 amide bonds. The number of hydrogen-bond acceptors (Lipinski definition) is 1. The zero-order valence-electron chi connectivity index (χ0n) is 15.0. The monoisotopic (exact) mass is 485 g/mol. The van der Waals surface area contributed by atoms with Crippen molar-refractivity contribution in [3.8, 4) is 11.3 Å². The summed E-state index contributed by atoms with van der Waals surface area (Å²) in [6, 6.07) is 10.4. The van der Waals surface area contributed by atoms with Gasteiger partial charge in [-0.1, -0.05) is 59.6 Å². The maximum atomic E-state index is 4.79. The van der Waals surface area contributed by atoms with Gasteiger partial charge in [-0.3, -0.25) is 0 Å². The van der Waals surface area contributed by atoms with Gasteiger partial charge in [0.1, 0.15) is 0 Å². The molecule has 0 atom stereocenters. The van der Waals surface area contributed by atoms with E-state index in [2.05, 4.69) is 65.8 Å². The molecule has 0 fully saturated rings. The van der Waals surface area contributed by atoms with Gasteiger partial charge in [0.05, 0.1) is 0 Å². The van der Waals surface area contributed by atoms with Gasteiger partial charge >= 0.3 is 0 Å². The number of pyridine rings is 1. The van der Waals surface area contributed by atoms with Gasteiger partial charge in [-0.15, -0.1) is 34.9 Å². The Morgan fingerprint density at radius 3 is 2.04 bits per heavy atom. The van der Waals surface area contributed by atoms with Crippen LogP contribution in [0.3, 0.4) is 0 Å². The minimum Gasteiger partial charge on any atom is -0.304 e. The average Bonchev–Trinajstić information content (AvgIpc) is 2.44. The molecule has 1 aromatic carbocycles. The SMILES string of the molecule is CC(C)(C)c1c[c-]c2c(c1)CCc1cc(C(C)(C)C)cnc1-2.[Ir]. The number of aryl methyl sites for hydroxylation is 2. The van der Waals surface area contributed by atoms with E-state index in [-0.39, 0.29) is 30.9 Å². The summed E-state index contributed by atoms with van der Waals surface area (Å²) >= 11 is 0. The third-order valence-electron chi connectivity index (χ3n) is 4.62. The zero-order chi connectivity index (χ0) is 16.1. The third kappa shape index (κ3) is 3.59. The van der Waals surface area contributed by atoms with Crippen LogP contribution >= 0.6 is 0 Å². The molecule has 0 N–H and O–H groups in total. The van der Waals surface area contributed by atoms with Gasteiger partial charge in [-0.25, -0.2) is 0 Å². The van der Waals surface area contributed by atoms with Crippen LogP contribution in [0.25, 0.3) is 11.3 Å².